The molecule has 1 amide bonds. The Bertz CT molecular complexity index is 2100. The molecule has 6 atom stereocenters. The molecule has 0 unspecified atom stereocenters. The van der Waals surface area contributed by atoms with Crippen molar-refractivity contribution in [2.24, 2.45) is 20.7 Å². The number of aliphatic imine (C=N–C) groups is 3. The third kappa shape index (κ3) is 6.34. The molecule has 8 N–H and O–H groups in total. The van der Waals surface area contributed by atoms with Crippen LogP contribution in [-0.2, 0) is 9.53 Å². The van der Waals surface area contributed by atoms with Crippen LogP contribution in [0.25, 0.3) is 0 Å². The molecule has 3 aromatic carbocycles. The largest absolute Gasteiger partial charge is 0.486 e. The quantitative estimate of drug-likeness (QED) is 0.0955. The molecule has 0 spiro atoms. The van der Waals surface area contributed by atoms with Gasteiger partial charge in [-0.15, -0.1) is 0 Å². The third-order valence-electron chi connectivity index (χ3n) is 9.68. The summed E-state index contributed by atoms with van der Waals surface area (Å²) in [7, 11) is 0. The summed E-state index contributed by atoms with van der Waals surface area (Å²) in [6.45, 7) is -1.92. The maximum Gasteiger partial charge on any atom is 0.302 e. The normalized spacial score (nSPS) is 23.9. The van der Waals surface area contributed by atoms with Crippen LogP contribution in [0.15, 0.2) is 69.6 Å². The second-order valence-corrected chi connectivity index (χ2v) is 12.9. The number of amides is 1. The summed E-state index contributed by atoms with van der Waals surface area (Å²) < 4.78 is 18.1. The fourth-order valence-electron chi connectivity index (χ4n) is 7.14. The highest BCUT2D eigenvalue weighted by Gasteiger charge is 2.46. The van der Waals surface area contributed by atoms with Crippen LogP contribution in [0.3, 0.4) is 0 Å². The van der Waals surface area contributed by atoms with Crippen molar-refractivity contribution in [3.05, 3.63) is 88.0 Å². The Morgan fingerprint density at radius 2 is 1.57 bits per heavy atom. The number of anilines is 1. The number of aliphatic hydroxyl groups excluding tert-OH is 6. The van der Waals surface area contributed by atoms with Gasteiger partial charge in [-0.1, -0.05) is 42.5 Å². The highest BCUT2D eigenvalue weighted by atomic mass is 16.7. The van der Waals surface area contributed by atoms with Gasteiger partial charge in [-0.3, -0.25) is 19.4 Å². The molecule has 4 aliphatic rings. The zero-order valence-electron chi connectivity index (χ0n) is 28.6. The minimum absolute atomic E-state index is 0.00814. The molecule has 3 aliphatic heterocycles. The van der Waals surface area contributed by atoms with Gasteiger partial charge in [-0.25, -0.2) is 0 Å². The lowest BCUT2D eigenvalue weighted by Gasteiger charge is -2.40. The van der Waals surface area contributed by atoms with E-state index in [-0.39, 0.29) is 89.5 Å². The second-order valence-electron chi connectivity index (χ2n) is 12.9. The van der Waals surface area contributed by atoms with Crippen molar-refractivity contribution in [2.45, 2.75) is 49.5 Å². The van der Waals surface area contributed by atoms with Crippen LogP contribution in [0, 0.1) is 0 Å². The van der Waals surface area contributed by atoms with Gasteiger partial charge in [-0.05, 0) is 30.5 Å². The molecule has 1 fully saturated rings. The molecule has 1 saturated heterocycles. The summed E-state index contributed by atoms with van der Waals surface area (Å²) in [6, 6.07) is 14.7. The lowest BCUT2D eigenvalue weighted by molar-refractivity contribution is -0.277. The summed E-state index contributed by atoms with van der Waals surface area (Å²) in [6.07, 6.45) is -8.15. The third-order valence-corrected chi connectivity index (χ3v) is 9.68. The Kier molecular flexibility index (Phi) is 10.4. The van der Waals surface area contributed by atoms with Crippen molar-refractivity contribution in [1.29, 1.82) is 0 Å². The molecule has 3 heterocycles. The average molecular weight is 744 g/mol. The van der Waals surface area contributed by atoms with E-state index in [2.05, 4.69) is 15.0 Å². The molecule has 7 rings (SSSR count). The Balaban J connectivity index is 1.47. The smallest absolute Gasteiger partial charge is 0.302 e. The van der Waals surface area contributed by atoms with Gasteiger partial charge in [0.2, 0.25) is 12.2 Å². The Hall–Kier alpha value is -5.40. The van der Waals surface area contributed by atoms with Crippen molar-refractivity contribution >= 4 is 40.7 Å². The highest BCUT2D eigenvalue weighted by molar-refractivity contribution is 6.72. The number of aliphatic hydroxyl groups is 6. The van der Waals surface area contributed by atoms with Gasteiger partial charge in [0, 0.05) is 40.5 Å². The van der Waals surface area contributed by atoms with Crippen LogP contribution in [0.4, 0.5) is 5.69 Å². The Morgan fingerprint density at radius 1 is 0.852 bits per heavy atom. The molecule has 0 saturated carbocycles. The number of benzene rings is 3. The van der Waals surface area contributed by atoms with E-state index in [1.165, 1.54) is 18.2 Å². The van der Waals surface area contributed by atoms with E-state index in [0.717, 1.165) is 0 Å². The van der Waals surface area contributed by atoms with Crippen molar-refractivity contribution in [2.75, 3.05) is 38.0 Å². The van der Waals surface area contributed by atoms with Gasteiger partial charge < -0.3 is 55.5 Å². The number of ketones is 2. The number of hydrogen-bond acceptors (Lipinski definition) is 16. The van der Waals surface area contributed by atoms with E-state index in [0.29, 0.717) is 11.3 Å². The van der Waals surface area contributed by atoms with Crippen LogP contribution in [0.2, 0.25) is 0 Å². The number of carbonyl (C=O) groups excluding carboxylic acids is 3. The average Bonchev–Trinajstić information content (AvgIpc) is 3.61. The first kappa shape index (κ1) is 36.9. The number of rotatable bonds is 12. The predicted octanol–water partition coefficient (Wildman–Crippen LogP) is -0.612. The van der Waals surface area contributed by atoms with Gasteiger partial charge >= 0.3 is 5.91 Å². The van der Waals surface area contributed by atoms with E-state index in [9.17, 15) is 45.0 Å². The predicted molar refractivity (Wildman–Crippen MR) is 190 cm³/mol. The first-order valence-electron chi connectivity index (χ1n) is 17.2. The van der Waals surface area contributed by atoms with Gasteiger partial charge in [0.05, 0.1) is 18.8 Å². The molecule has 17 heteroatoms. The number of nitrogens with zero attached hydrogens (tertiary/aromatic N) is 4. The fourth-order valence-corrected chi connectivity index (χ4v) is 7.14. The van der Waals surface area contributed by atoms with Gasteiger partial charge in [0.15, 0.2) is 34.6 Å². The van der Waals surface area contributed by atoms with Crippen molar-refractivity contribution < 1.29 is 59.2 Å². The Morgan fingerprint density at radius 3 is 2.30 bits per heavy atom. The van der Waals surface area contributed by atoms with Crippen LogP contribution < -0.4 is 20.1 Å². The van der Waals surface area contributed by atoms with E-state index >= 15 is 0 Å². The van der Waals surface area contributed by atoms with E-state index in [1.54, 1.807) is 41.3 Å². The lowest BCUT2D eigenvalue weighted by Crippen LogP contribution is -2.60. The molecule has 282 valence electrons. The van der Waals surface area contributed by atoms with E-state index in [4.69, 9.17) is 19.9 Å². The van der Waals surface area contributed by atoms with E-state index in [1.807, 2.05) is 0 Å². The molecule has 0 aromatic heterocycles. The minimum Gasteiger partial charge on any atom is -0.486 e. The zero-order valence-corrected chi connectivity index (χ0v) is 28.6. The molecule has 1 aliphatic carbocycles. The van der Waals surface area contributed by atoms with Crippen LogP contribution in [-0.4, -0.2) is 129 Å². The van der Waals surface area contributed by atoms with Crippen LogP contribution in [0.5, 0.6) is 11.5 Å². The molecule has 3 aromatic rings. The SMILES string of the molecule is NC1=NC(=O)C2=NCN(c3ccccc3[C@H](CCCO)c3cc4c(c(OCCO)c3O[C@H]3O[C@@H](CO)[C@H](O)[C@@H](O)[C@@H]3O)C(=O)c3ccccc3C4=O)C2=N1. The maximum atomic E-state index is 14.2. The number of para-hydroxylation sites is 1. The van der Waals surface area contributed by atoms with Crippen molar-refractivity contribution in [1.82, 2.24) is 0 Å². The number of fused-ring (bicyclic) bond motifs is 3. The van der Waals surface area contributed by atoms with Crippen molar-refractivity contribution in [3.8, 4) is 11.5 Å². The molecule has 0 radical (unpaired) electrons. The highest BCUT2D eigenvalue weighted by Crippen LogP contribution is 2.49. The molecular weight excluding hydrogens is 706 g/mol. The minimum atomic E-state index is -1.88. The van der Waals surface area contributed by atoms with Crippen LogP contribution in [0.1, 0.15) is 61.7 Å². The lowest BCUT2D eigenvalue weighted by atomic mass is 9.78. The molecule has 17 nitrogen and oxygen atoms in total. The summed E-state index contributed by atoms with van der Waals surface area (Å²) in [5.74, 6) is -3.16. The number of nitrogens with two attached hydrogens (primary N) is 1. The number of hydrogen-bond donors (Lipinski definition) is 7. The maximum absolute atomic E-state index is 14.2. The summed E-state index contributed by atoms with van der Waals surface area (Å²) >= 11 is 0. The second kappa shape index (κ2) is 15.2. The number of guanidine groups is 1. The zero-order chi connectivity index (χ0) is 38.3. The monoisotopic (exact) mass is 743 g/mol. The first-order chi connectivity index (χ1) is 26.1. The summed E-state index contributed by atoms with van der Waals surface area (Å²) in [5.41, 5.74) is 7.13. The Labute approximate surface area is 307 Å². The topological polar surface area (TPSA) is 267 Å². The molecular formula is C37H37N5O12. The fraction of sp³-hybridized carbons (Fsp3) is 0.351. The number of carbonyl (C=O) groups is 3. The number of ether oxygens (including phenoxy) is 3. The summed E-state index contributed by atoms with van der Waals surface area (Å²) in [5, 5.41) is 62.2. The van der Waals surface area contributed by atoms with Gasteiger partial charge in [0.25, 0.3) is 0 Å². The molecule has 0 bridgehead atoms. The summed E-state index contributed by atoms with van der Waals surface area (Å²) in [4.78, 5) is 55.1. The first-order valence-corrected chi connectivity index (χ1v) is 17.2. The van der Waals surface area contributed by atoms with Crippen molar-refractivity contribution in [3.63, 3.8) is 0 Å². The van der Waals surface area contributed by atoms with Gasteiger partial charge in [0.1, 0.15) is 37.7 Å². The number of amidine groups is 1. The standard InChI is InChI=1S/C37H37N5O12/c38-37-40-34-26(35(51)41-37)39-16-42(34)23-10-4-3-6-18(23)17(9-5-11-43)21-14-22-25(28(47)20-8-2-1-7-19(20)27(22)46)33(52-13-12-44)32(21)54-36-31(50)30(49)29(48)24(15-45)53-36/h1-4,6-8,10,14,17,24,29-31,36,43-45,48-50H,5,9,11-13,15-16H2,(H2,38,41,51)/t17-,24-,29-,30+,31-,36+/m0/s1. The van der Waals surface area contributed by atoms with Gasteiger partial charge in [-0.2, -0.15) is 9.98 Å². The molecule has 54 heavy (non-hydrogen) atoms. The van der Waals surface area contributed by atoms with Crippen LogP contribution >= 0.6 is 0 Å². The van der Waals surface area contributed by atoms with E-state index < -0.39 is 67.3 Å².